The number of likely N-dealkylation sites (N-methyl/N-ethyl adjacent to an activating group) is 1. The van der Waals surface area contributed by atoms with Gasteiger partial charge in [-0.25, -0.2) is 14.6 Å². The maximum Gasteiger partial charge on any atom is 0.245 e. The molecule has 0 amide bonds. The lowest BCUT2D eigenvalue weighted by Gasteiger charge is -2.41. The van der Waals surface area contributed by atoms with E-state index in [2.05, 4.69) is 62.4 Å². The van der Waals surface area contributed by atoms with Gasteiger partial charge in [-0.3, -0.25) is 4.90 Å². The Morgan fingerprint density at radius 3 is 2.21 bits per heavy atom. The second kappa shape index (κ2) is 7.35. The molecule has 2 aromatic heterocycles. The van der Waals surface area contributed by atoms with Gasteiger partial charge in [0.25, 0.3) is 0 Å². The van der Waals surface area contributed by atoms with Gasteiger partial charge in [0.1, 0.15) is 0 Å². The fourth-order valence-electron chi connectivity index (χ4n) is 4.25. The number of hydrogen-bond donors (Lipinski definition) is 0. The summed E-state index contributed by atoms with van der Waals surface area (Å²) >= 11 is 0. The molecule has 2 fully saturated rings. The van der Waals surface area contributed by atoms with Gasteiger partial charge in [-0.05, 0) is 42.2 Å². The third-order valence-corrected chi connectivity index (χ3v) is 5.87. The topological polar surface area (TPSA) is 74.4 Å². The summed E-state index contributed by atoms with van der Waals surface area (Å²) in [5, 5.41) is 7.86. The number of piperidine rings is 1. The Morgan fingerprint density at radius 1 is 0.821 bits per heavy atom. The fourth-order valence-corrected chi connectivity index (χ4v) is 4.25. The highest BCUT2D eigenvalue weighted by atomic mass is 16.6. The third-order valence-electron chi connectivity index (χ3n) is 5.87. The summed E-state index contributed by atoms with van der Waals surface area (Å²) in [5.74, 6) is 1.82. The van der Waals surface area contributed by atoms with Crippen molar-refractivity contribution in [2.45, 2.75) is 25.3 Å². The first kappa shape index (κ1) is 17.4. The zero-order chi connectivity index (χ0) is 18.9. The summed E-state index contributed by atoms with van der Waals surface area (Å²) in [6, 6.07) is 11.0. The van der Waals surface area contributed by atoms with Crippen molar-refractivity contribution in [1.29, 1.82) is 0 Å². The van der Waals surface area contributed by atoms with E-state index < -0.39 is 0 Å². The van der Waals surface area contributed by atoms with Gasteiger partial charge in [0.15, 0.2) is 11.6 Å². The van der Waals surface area contributed by atoms with Crippen LogP contribution in [0.2, 0.25) is 0 Å². The first-order valence-electron chi connectivity index (χ1n) is 10.0. The maximum atomic E-state index is 4.89. The predicted molar refractivity (Wildman–Crippen MR) is 107 cm³/mol. The van der Waals surface area contributed by atoms with Gasteiger partial charge >= 0.3 is 0 Å². The van der Waals surface area contributed by atoms with E-state index in [4.69, 9.17) is 14.6 Å². The van der Waals surface area contributed by atoms with Crippen LogP contribution in [0.1, 0.15) is 30.9 Å². The van der Waals surface area contributed by atoms with Crippen molar-refractivity contribution in [3.8, 4) is 0 Å². The molecule has 2 aliphatic rings. The van der Waals surface area contributed by atoms with Gasteiger partial charge in [-0.2, -0.15) is 0 Å². The SMILES string of the molecule is CN1CCN(c2nc3nonc3nc2N2CCCCC2)CC1c1ccccc1. The fraction of sp³-hybridized carbons (Fsp3) is 0.500. The third kappa shape index (κ3) is 3.17. The highest BCUT2D eigenvalue weighted by Gasteiger charge is 2.30. The number of benzene rings is 1. The Balaban J connectivity index is 1.52. The first-order valence-corrected chi connectivity index (χ1v) is 10.0. The van der Waals surface area contributed by atoms with E-state index in [9.17, 15) is 0 Å². The monoisotopic (exact) mass is 379 g/mol. The van der Waals surface area contributed by atoms with Crippen LogP contribution in [0.5, 0.6) is 0 Å². The molecule has 28 heavy (non-hydrogen) atoms. The van der Waals surface area contributed by atoms with Gasteiger partial charge in [-0.1, -0.05) is 30.3 Å². The number of hydrogen-bond acceptors (Lipinski definition) is 8. The lowest BCUT2D eigenvalue weighted by atomic mass is 10.0. The quantitative estimate of drug-likeness (QED) is 0.687. The zero-order valence-corrected chi connectivity index (χ0v) is 16.2. The minimum absolute atomic E-state index is 0.317. The molecule has 1 aromatic carbocycles. The van der Waals surface area contributed by atoms with Gasteiger partial charge in [0, 0.05) is 32.7 Å². The number of aromatic nitrogens is 4. The van der Waals surface area contributed by atoms with Crippen LogP contribution in [0.25, 0.3) is 11.3 Å². The van der Waals surface area contributed by atoms with Crippen LogP contribution in [0.15, 0.2) is 35.0 Å². The van der Waals surface area contributed by atoms with Crippen molar-refractivity contribution >= 4 is 22.9 Å². The highest BCUT2D eigenvalue weighted by molar-refractivity contribution is 5.75. The van der Waals surface area contributed by atoms with Crippen molar-refractivity contribution in [2.75, 3.05) is 49.6 Å². The molecule has 0 spiro atoms. The van der Waals surface area contributed by atoms with Gasteiger partial charge in [0.2, 0.25) is 11.3 Å². The summed E-state index contributed by atoms with van der Waals surface area (Å²) in [5.41, 5.74) is 2.29. The van der Waals surface area contributed by atoms with Crippen LogP contribution in [0.4, 0.5) is 11.6 Å². The smallest absolute Gasteiger partial charge is 0.245 e. The summed E-state index contributed by atoms with van der Waals surface area (Å²) in [4.78, 5) is 16.7. The molecule has 0 N–H and O–H groups in total. The Hall–Kier alpha value is -2.74. The molecule has 1 unspecified atom stereocenters. The van der Waals surface area contributed by atoms with Crippen molar-refractivity contribution in [3.63, 3.8) is 0 Å². The zero-order valence-electron chi connectivity index (χ0n) is 16.2. The normalized spacial score (nSPS) is 21.4. The summed E-state index contributed by atoms with van der Waals surface area (Å²) in [6.45, 7) is 4.76. The van der Waals surface area contributed by atoms with E-state index in [1.807, 2.05) is 0 Å². The summed E-state index contributed by atoms with van der Waals surface area (Å²) in [7, 11) is 2.19. The number of anilines is 2. The Kier molecular flexibility index (Phi) is 4.56. The molecule has 8 heteroatoms. The van der Waals surface area contributed by atoms with E-state index in [1.165, 1.54) is 24.8 Å². The number of rotatable bonds is 3. The number of piperazine rings is 1. The molecule has 2 aliphatic heterocycles. The summed E-state index contributed by atoms with van der Waals surface area (Å²) in [6.07, 6.45) is 3.65. The molecule has 0 saturated carbocycles. The molecule has 5 rings (SSSR count). The van der Waals surface area contributed by atoms with Crippen molar-refractivity contribution < 1.29 is 4.63 Å². The van der Waals surface area contributed by atoms with Crippen LogP contribution < -0.4 is 9.80 Å². The molecule has 146 valence electrons. The van der Waals surface area contributed by atoms with E-state index in [-0.39, 0.29) is 0 Å². The van der Waals surface area contributed by atoms with Gasteiger partial charge in [0.05, 0.1) is 6.04 Å². The lowest BCUT2D eigenvalue weighted by molar-refractivity contribution is 0.220. The standard InChI is InChI=1S/C20H25N7O/c1-25-12-13-27(14-16(25)15-8-4-2-5-9-15)20-19(26-10-6-3-7-11-26)21-17-18(22-20)24-28-23-17/h2,4-5,8-9,16H,3,6-7,10-14H2,1H3. The van der Waals surface area contributed by atoms with E-state index >= 15 is 0 Å². The van der Waals surface area contributed by atoms with Crippen LogP contribution in [0, 0.1) is 0 Å². The van der Waals surface area contributed by atoms with Crippen LogP contribution in [0.3, 0.4) is 0 Å². The predicted octanol–water partition coefficient (Wildman–Crippen LogP) is 2.50. The average molecular weight is 379 g/mol. The van der Waals surface area contributed by atoms with Crippen LogP contribution in [-0.2, 0) is 0 Å². The van der Waals surface area contributed by atoms with E-state index in [0.29, 0.717) is 17.3 Å². The number of fused-ring (bicyclic) bond motifs is 1. The van der Waals surface area contributed by atoms with E-state index in [0.717, 1.165) is 44.4 Å². The van der Waals surface area contributed by atoms with Crippen molar-refractivity contribution in [2.24, 2.45) is 0 Å². The Morgan fingerprint density at radius 2 is 1.50 bits per heavy atom. The number of nitrogens with zero attached hydrogens (tertiary/aromatic N) is 7. The first-order chi connectivity index (χ1) is 13.8. The molecular formula is C20H25N7O. The molecule has 1 atom stereocenters. The maximum absolute atomic E-state index is 4.89. The molecule has 2 saturated heterocycles. The molecular weight excluding hydrogens is 354 g/mol. The Labute approximate surface area is 164 Å². The minimum Gasteiger partial charge on any atom is -0.353 e. The lowest BCUT2D eigenvalue weighted by Crippen LogP contribution is -2.47. The minimum atomic E-state index is 0.317. The van der Waals surface area contributed by atoms with Gasteiger partial charge in [-0.15, -0.1) is 0 Å². The van der Waals surface area contributed by atoms with Crippen LogP contribution >= 0.6 is 0 Å². The molecule has 8 nitrogen and oxygen atoms in total. The molecule has 4 heterocycles. The second-order valence-corrected chi connectivity index (χ2v) is 7.68. The second-order valence-electron chi connectivity index (χ2n) is 7.68. The van der Waals surface area contributed by atoms with Crippen molar-refractivity contribution in [3.05, 3.63) is 35.9 Å². The summed E-state index contributed by atoms with van der Waals surface area (Å²) < 4.78 is 4.89. The van der Waals surface area contributed by atoms with Crippen molar-refractivity contribution in [1.82, 2.24) is 25.2 Å². The molecule has 0 aliphatic carbocycles. The van der Waals surface area contributed by atoms with E-state index in [1.54, 1.807) is 0 Å². The molecule has 0 bridgehead atoms. The highest BCUT2D eigenvalue weighted by Crippen LogP contribution is 2.33. The Bertz CT molecular complexity index is 938. The molecule has 3 aromatic rings. The largest absolute Gasteiger partial charge is 0.353 e. The van der Waals surface area contributed by atoms with Gasteiger partial charge < -0.3 is 9.80 Å². The average Bonchev–Trinajstić information content (AvgIpc) is 3.22. The molecule has 0 radical (unpaired) electrons. The van der Waals surface area contributed by atoms with Crippen LogP contribution in [-0.4, -0.2) is 65.0 Å².